The highest BCUT2D eigenvalue weighted by atomic mass is 32.2. The van der Waals surface area contributed by atoms with Crippen LogP contribution in [0.15, 0.2) is 41.2 Å². The number of piperazine rings is 1. The second-order valence-corrected chi connectivity index (χ2v) is 16.6. The molecule has 1 aromatic carbocycles. The molecule has 2 fully saturated rings. The molecule has 1 aliphatic heterocycles. The predicted molar refractivity (Wildman–Crippen MR) is 189 cm³/mol. The first kappa shape index (κ1) is 34.0. The summed E-state index contributed by atoms with van der Waals surface area (Å²) >= 11 is 1.35. The molecule has 48 heavy (non-hydrogen) atoms. The Morgan fingerprint density at radius 3 is 2.35 bits per heavy atom. The molecule has 4 rings (SSSR count). The van der Waals surface area contributed by atoms with Crippen molar-refractivity contribution in [3.8, 4) is 0 Å². The monoisotopic (exact) mass is 708 g/mol. The summed E-state index contributed by atoms with van der Waals surface area (Å²) in [7, 11) is -4.00. The molecule has 1 aromatic heterocycles. The Balaban J connectivity index is 1.55. The van der Waals surface area contributed by atoms with Gasteiger partial charge in [-0.05, 0) is 43.6 Å². The van der Waals surface area contributed by atoms with Crippen LogP contribution in [-0.2, 0) is 32.5 Å². The smallest absolute Gasteiger partial charge is 0.243 e. The number of amides is 2. The number of carbonyl (C=O) groups is 2. The van der Waals surface area contributed by atoms with Crippen LogP contribution in [0, 0.1) is 17.8 Å². The summed E-state index contributed by atoms with van der Waals surface area (Å²) in [6.07, 6.45) is 3.95. The van der Waals surface area contributed by atoms with Crippen molar-refractivity contribution in [2.75, 3.05) is 38.9 Å². The van der Waals surface area contributed by atoms with Crippen molar-refractivity contribution < 1.29 is 32.3 Å². The van der Waals surface area contributed by atoms with E-state index in [1.165, 1.54) is 20.5 Å². The maximum Gasteiger partial charge on any atom is 0.243 e. The molecule has 268 valence electrons. The summed E-state index contributed by atoms with van der Waals surface area (Å²) in [4.78, 5) is 33.8. The van der Waals surface area contributed by atoms with Crippen LogP contribution in [0.5, 0.6) is 0 Å². The number of aliphatic hydroxyl groups excluding tert-OH is 2. The van der Waals surface area contributed by atoms with E-state index in [9.17, 15) is 28.2 Å². The fraction of sp³-hybridized carbons (Fsp3) is 0.686. The molecule has 2 amide bonds. The van der Waals surface area contributed by atoms with Crippen molar-refractivity contribution in [3.05, 3.63) is 52.5 Å². The zero-order valence-corrected chi connectivity index (χ0v) is 29.8. The van der Waals surface area contributed by atoms with Gasteiger partial charge in [0.2, 0.25) is 21.8 Å². The standard InChI is InChI=1S/C35H55N5O6S2/c1-25(2)18-32(41)33(42)30(20-27-12-8-5-9-13-27)37-35(44)31(21-29-22-47-24-36-29)38-34(43)28(19-26-10-6-4-7-11-26)23-48(45,46)40-16-14-39(3)15-17-40/h4,6-7,10-11,22,24-25,27-28,30-33,41-42H,5,8-9,12-21,23H2,1-3H3,(H,37,44)(H,38,43)/t28-,30+,31+,32+,33-/m1/s1/i3D3. The quantitative estimate of drug-likeness (QED) is 0.196. The van der Waals surface area contributed by atoms with Gasteiger partial charge in [-0.1, -0.05) is 76.3 Å². The summed E-state index contributed by atoms with van der Waals surface area (Å²) in [6, 6.07) is 7.16. The second kappa shape index (κ2) is 18.5. The van der Waals surface area contributed by atoms with E-state index in [4.69, 9.17) is 4.11 Å². The molecule has 2 heterocycles. The minimum Gasteiger partial charge on any atom is -0.390 e. The number of hydrogen-bond acceptors (Lipinski definition) is 9. The van der Waals surface area contributed by atoms with Crippen molar-refractivity contribution in [1.82, 2.24) is 24.8 Å². The first-order valence-corrected chi connectivity index (χ1v) is 19.8. The number of rotatable bonds is 17. The van der Waals surface area contributed by atoms with Gasteiger partial charge in [0.05, 0.1) is 35.0 Å². The van der Waals surface area contributed by atoms with Gasteiger partial charge in [-0.25, -0.2) is 13.4 Å². The first-order valence-electron chi connectivity index (χ1n) is 18.7. The number of carbonyl (C=O) groups excluding carboxylic acids is 2. The fourth-order valence-corrected chi connectivity index (χ4v) is 9.02. The van der Waals surface area contributed by atoms with E-state index in [-0.39, 0.29) is 50.9 Å². The van der Waals surface area contributed by atoms with E-state index < -0.39 is 64.8 Å². The number of likely N-dealkylation sites (N-methyl/N-ethyl adjacent to an activating group) is 1. The SMILES string of the molecule is [2H]C([2H])([2H])N1CCN(S(=O)(=O)C[C@@H](Cc2ccccc2)C(=O)N[C@@H](Cc2cscn2)C(=O)N[C@@H](CC2CCCCC2)[C@@H](O)[C@@H](O)CC(C)C)CC1. The molecule has 0 bridgehead atoms. The van der Waals surface area contributed by atoms with E-state index in [1.54, 1.807) is 35.2 Å². The van der Waals surface area contributed by atoms with Gasteiger partial charge in [0, 0.05) is 42.1 Å². The van der Waals surface area contributed by atoms with E-state index in [2.05, 4.69) is 15.6 Å². The maximum atomic E-state index is 14.1. The Kier molecular flexibility index (Phi) is 13.2. The molecular formula is C35H55N5O6S2. The van der Waals surface area contributed by atoms with Crippen molar-refractivity contribution in [1.29, 1.82) is 0 Å². The van der Waals surface area contributed by atoms with Crippen LogP contribution in [0.4, 0.5) is 0 Å². The van der Waals surface area contributed by atoms with Crippen molar-refractivity contribution in [2.24, 2.45) is 17.8 Å². The Morgan fingerprint density at radius 2 is 1.73 bits per heavy atom. The van der Waals surface area contributed by atoms with Crippen LogP contribution in [0.25, 0.3) is 0 Å². The number of aliphatic hydroxyl groups is 2. The van der Waals surface area contributed by atoms with E-state index in [0.717, 1.165) is 37.7 Å². The van der Waals surface area contributed by atoms with Crippen LogP contribution in [0.3, 0.4) is 0 Å². The summed E-state index contributed by atoms with van der Waals surface area (Å²) in [5.74, 6) is -2.37. The van der Waals surface area contributed by atoms with Crippen LogP contribution in [0.2, 0.25) is 0 Å². The van der Waals surface area contributed by atoms with Crippen molar-refractivity contribution in [2.45, 2.75) is 95.9 Å². The normalized spacial score (nSPS) is 21.3. The molecule has 1 aliphatic carbocycles. The lowest BCUT2D eigenvalue weighted by Gasteiger charge is -2.34. The number of sulfonamides is 1. The molecule has 13 heteroatoms. The fourth-order valence-electron chi connectivity index (χ4n) is 6.74. The van der Waals surface area contributed by atoms with Gasteiger partial charge in [-0.3, -0.25) is 9.59 Å². The Hall–Kier alpha value is -2.42. The number of thiazole rings is 1. The lowest BCUT2D eigenvalue weighted by Crippen LogP contribution is -2.57. The van der Waals surface area contributed by atoms with E-state index in [1.807, 2.05) is 19.9 Å². The molecule has 11 nitrogen and oxygen atoms in total. The number of nitrogens with zero attached hydrogens (tertiary/aromatic N) is 3. The lowest BCUT2D eigenvalue weighted by molar-refractivity contribution is -0.132. The summed E-state index contributed by atoms with van der Waals surface area (Å²) < 4.78 is 51.7. The number of hydrogen-bond donors (Lipinski definition) is 4. The Morgan fingerprint density at radius 1 is 1.02 bits per heavy atom. The number of aromatic nitrogens is 1. The average Bonchev–Trinajstić information content (AvgIpc) is 3.60. The van der Waals surface area contributed by atoms with Crippen molar-refractivity contribution in [3.63, 3.8) is 0 Å². The summed E-state index contributed by atoms with van der Waals surface area (Å²) in [5.41, 5.74) is 2.94. The zero-order valence-electron chi connectivity index (χ0n) is 31.2. The highest BCUT2D eigenvalue weighted by molar-refractivity contribution is 7.89. The minimum atomic E-state index is -4.00. The molecule has 4 N–H and O–H groups in total. The second-order valence-electron chi connectivity index (χ2n) is 13.8. The summed E-state index contributed by atoms with van der Waals surface area (Å²) in [5, 5.41) is 29.8. The topological polar surface area (TPSA) is 152 Å². The van der Waals surface area contributed by atoms with Crippen LogP contribution >= 0.6 is 11.3 Å². The molecule has 0 spiro atoms. The van der Waals surface area contributed by atoms with Gasteiger partial charge in [0.1, 0.15) is 12.1 Å². The van der Waals surface area contributed by atoms with Gasteiger partial charge in [-0.2, -0.15) is 4.31 Å². The molecule has 1 saturated heterocycles. The molecule has 1 saturated carbocycles. The zero-order chi connectivity index (χ0) is 37.2. The van der Waals surface area contributed by atoms with Crippen LogP contribution in [0.1, 0.15) is 74.2 Å². The van der Waals surface area contributed by atoms with Crippen molar-refractivity contribution >= 4 is 33.2 Å². The highest BCUT2D eigenvalue weighted by Gasteiger charge is 2.36. The third kappa shape index (κ3) is 11.9. The first-order chi connectivity index (χ1) is 24.1. The molecule has 2 aromatic rings. The Labute approximate surface area is 294 Å². The molecule has 0 unspecified atom stereocenters. The van der Waals surface area contributed by atoms with Crippen LogP contribution in [-0.4, -0.2) is 108 Å². The van der Waals surface area contributed by atoms with E-state index in [0.29, 0.717) is 18.5 Å². The van der Waals surface area contributed by atoms with Crippen LogP contribution < -0.4 is 10.6 Å². The third-order valence-electron chi connectivity index (χ3n) is 9.43. The highest BCUT2D eigenvalue weighted by Crippen LogP contribution is 2.29. The predicted octanol–water partition coefficient (Wildman–Crippen LogP) is 2.83. The maximum absolute atomic E-state index is 14.1. The lowest BCUT2D eigenvalue weighted by atomic mass is 9.82. The third-order valence-corrected chi connectivity index (χ3v) is 12.0. The number of benzene rings is 1. The van der Waals surface area contributed by atoms with Gasteiger partial charge in [0.25, 0.3) is 0 Å². The van der Waals surface area contributed by atoms with Gasteiger partial charge < -0.3 is 25.7 Å². The number of nitrogens with one attached hydrogen (secondary N) is 2. The van der Waals surface area contributed by atoms with Gasteiger partial charge in [-0.15, -0.1) is 11.3 Å². The molecule has 0 radical (unpaired) electrons. The average molecular weight is 709 g/mol. The van der Waals surface area contributed by atoms with Gasteiger partial charge in [0.15, 0.2) is 0 Å². The largest absolute Gasteiger partial charge is 0.390 e. The molecule has 2 aliphatic rings. The molecule has 5 atom stereocenters. The van der Waals surface area contributed by atoms with E-state index >= 15 is 0 Å². The Bertz CT molecular complexity index is 1470. The molecular weight excluding hydrogens is 651 g/mol. The van der Waals surface area contributed by atoms with Gasteiger partial charge >= 0.3 is 0 Å². The minimum absolute atomic E-state index is 0.0113. The summed E-state index contributed by atoms with van der Waals surface area (Å²) in [6.45, 7) is 1.64.